The first kappa shape index (κ1) is 7.54. The van der Waals surface area contributed by atoms with Gasteiger partial charge in [0.2, 0.25) is 0 Å². The smallest absolute Gasteiger partial charge is 0.123 e. The van der Waals surface area contributed by atoms with Crippen LogP contribution in [0, 0.1) is 0 Å². The van der Waals surface area contributed by atoms with Gasteiger partial charge in [-0.15, -0.1) is 0 Å². The fourth-order valence-electron chi connectivity index (χ4n) is 0.640. The van der Waals surface area contributed by atoms with Crippen LogP contribution in [-0.4, -0.2) is 25.1 Å². The molecule has 3 nitrogen and oxygen atoms in total. The highest BCUT2D eigenvalue weighted by molar-refractivity contribution is 5.84. The zero-order valence-corrected chi connectivity index (χ0v) is 6.50. The Bertz CT molecular complexity index is 141. The molecule has 1 unspecified atom stereocenters. The summed E-state index contributed by atoms with van der Waals surface area (Å²) in [5.41, 5.74) is 5.59. The number of aliphatic imine (C=N–C) groups is 1. The van der Waals surface area contributed by atoms with Crippen LogP contribution in [0.2, 0.25) is 0 Å². The Morgan fingerprint density at radius 2 is 2.30 bits per heavy atom. The van der Waals surface area contributed by atoms with Gasteiger partial charge in [0.25, 0.3) is 0 Å². The van der Waals surface area contributed by atoms with E-state index in [4.69, 9.17) is 10.5 Å². The summed E-state index contributed by atoms with van der Waals surface area (Å²) in [5, 5.41) is 0. The Balaban J connectivity index is 2.36. The van der Waals surface area contributed by atoms with Crippen LogP contribution >= 0.6 is 0 Å². The van der Waals surface area contributed by atoms with Crippen LogP contribution in [0.25, 0.3) is 0 Å². The van der Waals surface area contributed by atoms with Gasteiger partial charge in [-0.05, 0) is 19.8 Å². The topological polar surface area (TPSA) is 47.6 Å². The highest BCUT2D eigenvalue weighted by atomic mass is 16.5. The number of ether oxygens (including phenoxy) is 1. The van der Waals surface area contributed by atoms with Gasteiger partial charge in [-0.3, -0.25) is 4.99 Å². The Morgan fingerprint density at radius 1 is 1.70 bits per heavy atom. The minimum absolute atomic E-state index is 0.0272. The summed E-state index contributed by atoms with van der Waals surface area (Å²) in [7, 11) is 1.64. The molecule has 0 amide bonds. The van der Waals surface area contributed by atoms with Gasteiger partial charge in [0.15, 0.2) is 0 Å². The molecule has 1 fully saturated rings. The minimum atomic E-state index is -0.0272. The summed E-state index contributed by atoms with van der Waals surface area (Å²) in [6, 6.07) is 0.498. The molecule has 0 saturated heterocycles. The van der Waals surface area contributed by atoms with Crippen molar-refractivity contribution in [2.75, 3.05) is 7.11 Å². The summed E-state index contributed by atoms with van der Waals surface area (Å²) < 4.78 is 4.98. The number of hydrogen-bond donors (Lipinski definition) is 1. The third-order valence-electron chi connectivity index (χ3n) is 1.65. The van der Waals surface area contributed by atoms with Crippen LogP contribution in [0.4, 0.5) is 0 Å². The summed E-state index contributed by atoms with van der Waals surface area (Å²) in [4.78, 5) is 4.23. The number of nitrogens with zero attached hydrogens (tertiary/aromatic N) is 1. The molecule has 1 atom stereocenters. The van der Waals surface area contributed by atoms with Crippen LogP contribution in [0.5, 0.6) is 0 Å². The lowest BCUT2D eigenvalue weighted by Gasteiger charge is -2.07. The van der Waals surface area contributed by atoms with E-state index in [2.05, 4.69) is 4.99 Å². The lowest BCUT2D eigenvalue weighted by atomic mass is 10.4. The molecule has 0 aromatic carbocycles. The third-order valence-corrected chi connectivity index (χ3v) is 1.65. The molecule has 0 aromatic heterocycles. The van der Waals surface area contributed by atoms with Gasteiger partial charge < -0.3 is 10.5 Å². The van der Waals surface area contributed by atoms with Gasteiger partial charge in [-0.1, -0.05) is 0 Å². The van der Waals surface area contributed by atoms with Crippen molar-refractivity contribution >= 4 is 5.84 Å². The molecule has 1 saturated carbocycles. The molecule has 0 heterocycles. The van der Waals surface area contributed by atoms with Crippen LogP contribution in [0.1, 0.15) is 19.8 Å². The molecule has 0 aliphatic heterocycles. The van der Waals surface area contributed by atoms with Crippen molar-refractivity contribution in [3.8, 4) is 0 Å². The number of amidine groups is 1. The quantitative estimate of drug-likeness (QED) is 0.462. The average molecular weight is 142 g/mol. The van der Waals surface area contributed by atoms with Crippen molar-refractivity contribution in [2.45, 2.75) is 31.9 Å². The third kappa shape index (κ3) is 1.99. The van der Waals surface area contributed by atoms with E-state index in [0.29, 0.717) is 11.9 Å². The molecule has 1 rings (SSSR count). The Labute approximate surface area is 61.3 Å². The van der Waals surface area contributed by atoms with E-state index >= 15 is 0 Å². The zero-order valence-electron chi connectivity index (χ0n) is 6.50. The fourth-order valence-corrected chi connectivity index (χ4v) is 0.640. The van der Waals surface area contributed by atoms with E-state index in [0.717, 1.165) is 0 Å². The maximum atomic E-state index is 5.59. The molecule has 0 bridgehead atoms. The van der Waals surface area contributed by atoms with Crippen LogP contribution < -0.4 is 5.73 Å². The van der Waals surface area contributed by atoms with Gasteiger partial charge in [-0.25, -0.2) is 0 Å². The molecule has 58 valence electrons. The van der Waals surface area contributed by atoms with Gasteiger partial charge in [0.05, 0.1) is 6.04 Å². The van der Waals surface area contributed by atoms with Crippen molar-refractivity contribution in [1.29, 1.82) is 0 Å². The Morgan fingerprint density at radius 3 is 2.70 bits per heavy atom. The molecule has 2 N–H and O–H groups in total. The van der Waals surface area contributed by atoms with E-state index in [1.54, 1.807) is 7.11 Å². The first-order valence-electron chi connectivity index (χ1n) is 3.60. The van der Waals surface area contributed by atoms with Gasteiger partial charge >= 0.3 is 0 Å². The molecule has 0 spiro atoms. The summed E-state index contributed by atoms with van der Waals surface area (Å²) in [5.74, 6) is 0.630. The van der Waals surface area contributed by atoms with E-state index in [1.807, 2.05) is 6.92 Å². The zero-order chi connectivity index (χ0) is 7.56. The van der Waals surface area contributed by atoms with E-state index in [-0.39, 0.29) is 6.10 Å². The maximum absolute atomic E-state index is 5.59. The van der Waals surface area contributed by atoms with Crippen molar-refractivity contribution in [1.82, 2.24) is 0 Å². The second kappa shape index (κ2) is 3.01. The Kier molecular flexibility index (Phi) is 2.27. The fraction of sp³-hybridized carbons (Fsp3) is 0.857. The second-order valence-electron chi connectivity index (χ2n) is 2.66. The minimum Gasteiger partial charge on any atom is -0.385 e. The predicted molar refractivity (Wildman–Crippen MR) is 41.1 cm³/mol. The maximum Gasteiger partial charge on any atom is 0.123 e. The molecular formula is C7H14N2O. The molecule has 3 heteroatoms. The van der Waals surface area contributed by atoms with Gasteiger partial charge in [0, 0.05) is 7.11 Å². The number of hydrogen-bond acceptors (Lipinski definition) is 2. The van der Waals surface area contributed by atoms with Crippen LogP contribution in [-0.2, 0) is 4.74 Å². The molecular weight excluding hydrogens is 128 g/mol. The molecule has 1 aliphatic rings. The van der Waals surface area contributed by atoms with E-state index in [9.17, 15) is 0 Å². The summed E-state index contributed by atoms with van der Waals surface area (Å²) in [6.07, 6.45) is 2.36. The normalized spacial score (nSPS) is 22.8. The summed E-state index contributed by atoms with van der Waals surface area (Å²) >= 11 is 0. The first-order valence-corrected chi connectivity index (χ1v) is 3.60. The molecule has 10 heavy (non-hydrogen) atoms. The highest BCUT2D eigenvalue weighted by Gasteiger charge is 2.21. The van der Waals surface area contributed by atoms with Crippen LogP contribution in [0.15, 0.2) is 4.99 Å². The van der Waals surface area contributed by atoms with Crippen LogP contribution in [0.3, 0.4) is 0 Å². The largest absolute Gasteiger partial charge is 0.385 e. The first-order chi connectivity index (χ1) is 4.74. The molecule has 0 radical (unpaired) electrons. The lowest BCUT2D eigenvalue weighted by Crippen LogP contribution is -2.28. The van der Waals surface area contributed by atoms with Crippen molar-refractivity contribution in [2.24, 2.45) is 10.7 Å². The van der Waals surface area contributed by atoms with Crippen molar-refractivity contribution in [3.05, 3.63) is 0 Å². The highest BCUT2D eigenvalue weighted by Crippen LogP contribution is 2.23. The predicted octanol–water partition coefficient (Wildman–Crippen LogP) is 0.541. The summed E-state index contributed by atoms with van der Waals surface area (Å²) in [6.45, 7) is 1.90. The monoisotopic (exact) mass is 142 g/mol. The van der Waals surface area contributed by atoms with Gasteiger partial charge in [-0.2, -0.15) is 0 Å². The molecule has 0 aromatic rings. The van der Waals surface area contributed by atoms with E-state index < -0.39 is 0 Å². The van der Waals surface area contributed by atoms with Crippen molar-refractivity contribution in [3.63, 3.8) is 0 Å². The Hall–Kier alpha value is -0.570. The lowest BCUT2D eigenvalue weighted by molar-refractivity contribution is 0.169. The SMILES string of the molecule is COC(C)C(N)=NC1CC1. The van der Waals surface area contributed by atoms with Gasteiger partial charge in [0.1, 0.15) is 11.9 Å². The number of rotatable bonds is 3. The second-order valence-corrected chi connectivity index (χ2v) is 2.66. The standard InChI is InChI=1S/C7H14N2O/c1-5(10-2)7(8)9-6-3-4-6/h5-6H,3-4H2,1-2H3,(H2,8,9). The number of methoxy groups -OCH3 is 1. The number of nitrogens with two attached hydrogens (primary N) is 1. The average Bonchev–Trinajstić information content (AvgIpc) is 2.70. The molecule has 1 aliphatic carbocycles. The van der Waals surface area contributed by atoms with Crippen molar-refractivity contribution < 1.29 is 4.74 Å². The van der Waals surface area contributed by atoms with E-state index in [1.165, 1.54) is 12.8 Å².